The molecular formula is C21H19N5O3S. The van der Waals surface area contributed by atoms with Gasteiger partial charge in [0.1, 0.15) is 10.8 Å². The molecule has 4 aromatic rings. The third-order valence-corrected chi connectivity index (χ3v) is 5.29. The standard InChI is InChI=1S/C21H19N5O3S/c1-3-18-24-25-21(30-18)22-17(27)12-28-16-11-7-6-10-15(16)20-23-19(26-29-20)14-9-5-4-8-13(14)2/h4-11H,3,12H2,1-2H3,(H,22,25,27). The number of benzene rings is 2. The minimum atomic E-state index is -0.324. The van der Waals surface area contributed by atoms with Gasteiger partial charge >= 0.3 is 0 Å². The maximum absolute atomic E-state index is 12.2. The quantitative estimate of drug-likeness (QED) is 0.478. The first kappa shape index (κ1) is 19.7. The van der Waals surface area contributed by atoms with E-state index in [2.05, 4.69) is 25.7 Å². The number of rotatable bonds is 7. The molecule has 1 N–H and O–H groups in total. The van der Waals surface area contributed by atoms with Crippen LogP contribution in [0.2, 0.25) is 0 Å². The molecule has 0 radical (unpaired) electrons. The van der Waals surface area contributed by atoms with Crippen LogP contribution in [0.1, 0.15) is 17.5 Å². The molecule has 2 aromatic carbocycles. The third-order valence-electron chi connectivity index (χ3n) is 4.30. The summed E-state index contributed by atoms with van der Waals surface area (Å²) in [5.41, 5.74) is 2.56. The summed E-state index contributed by atoms with van der Waals surface area (Å²) in [6.45, 7) is 3.79. The van der Waals surface area contributed by atoms with Crippen molar-refractivity contribution in [1.29, 1.82) is 0 Å². The Hall–Kier alpha value is -3.59. The second kappa shape index (κ2) is 8.83. The predicted molar refractivity (Wildman–Crippen MR) is 113 cm³/mol. The van der Waals surface area contributed by atoms with Crippen molar-refractivity contribution in [2.45, 2.75) is 20.3 Å². The van der Waals surface area contributed by atoms with Crippen LogP contribution in [0.5, 0.6) is 5.75 Å². The van der Waals surface area contributed by atoms with E-state index in [1.54, 1.807) is 12.1 Å². The Morgan fingerprint density at radius 3 is 2.63 bits per heavy atom. The summed E-state index contributed by atoms with van der Waals surface area (Å²) in [7, 11) is 0. The number of aryl methyl sites for hydroxylation is 2. The molecule has 2 heterocycles. The Bertz CT molecular complexity index is 1170. The fraction of sp³-hybridized carbons (Fsp3) is 0.190. The maximum Gasteiger partial charge on any atom is 0.264 e. The predicted octanol–water partition coefficient (Wildman–Crippen LogP) is 4.14. The molecule has 0 fully saturated rings. The van der Waals surface area contributed by atoms with Crippen LogP contribution in [0.25, 0.3) is 22.8 Å². The molecule has 0 saturated heterocycles. The Morgan fingerprint density at radius 2 is 1.87 bits per heavy atom. The van der Waals surface area contributed by atoms with Gasteiger partial charge < -0.3 is 9.26 Å². The van der Waals surface area contributed by atoms with E-state index in [0.29, 0.717) is 28.2 Å². The fourth-order valence-corrected chi connectivity index (χ4v) is 3.48. The van der Waals surface area contributed by atoms with Crippen LogP contribution in [0, 0.1) is 6.92 Å². The van der Waals surface area contributed by atoms with Crippen molar-refractivity contribution in [3.05, 3.63) is 59.1 Å². The smallest absolute Gasteiger partial charge is 0.264 e. The Morgan fingerprint density at radius 1 is 1.10 bits per heavy atom. The zero-order valence-corrected chi connectivity index (χ0v) is 17.3. The van der Waals surface area contributed by atoms with E-state index >= 15 is 0 Å². The number of aromatic nitrogens is 4. The second-order valence-corrected chi connectivity index (χ2v) is 7.49. The lowest BCUT2D eigenvalue weighted by Gasteiger charge is -2.08. The molecular weight excluding hydrogens is 402 g/mol. The van der Waals surface area contributed by atoms with Gasteiger partial charge in [-0.15, -0.1) is 10.2 Å². The van der Waals surface area contributed by atoms with Crippen molar-refractivity contribution >= 4 is 22.4 Å². The monoisotopic (exact) mass is 421 g/mol. The first-order chi connectivity index (χ1) is 14.6. The van der Waals surface area contributed by atoms with Gasteiger partial charge in [-0.3, -0.25) is 10.1 Å². The number of ether oxygens (including phenoxy) is 1. The van der Waals surface area contributed by atoms with Gasteiger partial charge in [-0.25, -0.2) is 0 Å². The van der Waals surface area contributed by atoms with E-state index in [1.165, 1.54) is 11.3 Å². The van der Waals surface area contributed by atoms with E-state index in [9.17, 15) is 4.79 Å². The highest BCUT2D eigenvalue weighted by atomic mass is 32.1. The molecule has 4 rings (SSSR count). The summed E-state index contributed by atoms with van der Waals surface area (Å²) in [6, 6.07) is 15.0. The summed E-state index contributed by atoms with van der Waals surface area (Å²) in [4.78, 5) is 16.7. The van der Waals surface area contributed by atoms with Crippen LogP contribution in [0.15, 0.2) is 53.1 Å². The highest BCUT2D eigenvalue weighted by molar-refractivity contribution is 7.15. The summed E-state index contributed by atoms with van der Waals surface area (Å²) >= 11 is 1.34. The van der Waals surface area contributed by atoms with Crippen LogP contribution < -0.4 is 10.1 Å². The van der Waals surface area contributed by atoms with Gasteiger partial charge in [0.05, 0.1) is 5.56 Å². The highest BCUT2D eigenvalue weighted by Gasteiger charge is 2.17. The van der Waals surface area contributed by atoms with Crippen molar-refractivity contribution in [3.8, 4) is 28.6 Å². The lowest BCUT2D eigenvalue weighted by molar-refractivity contribution is -0.118. The molecule has 9 heteroatoms. The number of para-hydroxylation sites is 1. The molecule has 30 heavy (non-hydrogen) atoms. The van der Waals surface area contributed by atoms with E-state index in [4.69, 9.17) is 9.26 Å². The van der Waals surface area contributed by atoms with Gasteiger partial charge in [0.15, 0.2) is 6.61 Å². The molecule has 0 spiro atoms. The van der Waals surface area contributed by atoms with Crippen molar-refractivity contribution in [2.75, 3.05) is 11.9 Å². The molecule has 0 saturated carbocycles. The van der Waals surface area contributed by atoms with Crippen LogP contribution in [0.3, 0.4) is 0 Å². The Labute approximate surface area is 176 Å². The minimum Gasteiger partial charge on any atom is -0.483 e. The fourth-order valence-electron chi connectivity index (χ4n) is 2.78. The largest absolute Gasteiger partial charge is 0.483 e. The van der Waals surface area contributed by atoms with Crippen molar-refractivity contribution in [2.24, 2.45) is 0 Å². The molecule has 2 aromatic heterocycles. The lowest BCUT2D eigenvalue weighted by atomic mass is 10.1. The van der Waals surface area contributed by atoms with E-state index in [1.807, 2.05) is 50.2 Å². The molecule has 0 aliphatic heterocycles. The van der Waals surface area contributed by atoms with Crippen LogP contribution in [-0.4, -0.2) is 32.9 Å². The van der Waals surface area contributed by atoms with Gasteiger partial charge in [0.25, 0.3) is 11.8 Å². The average Bonchev–Trinajstić information content (AvgIpc) is 3.42. The molecule has 0 aliphatic carbocycles. The number of hydrogen-bond donors (Lipinski definition) is 1. The van der Waals surface area contributed by atoms with Gasteiger partial charge in [-0.05, 0) is 31.0 Å². The van der Waals surface area contributed by atoms with Crippen molar-refractivity contribution < 1.29 is 14.1 Å². The van der Waals surface area contributed by atoms with Gasteiger partial charge in [-0.2, -0.15) is 4.98 Å². The van der Waals surface area contributed by atoms with E-state index < -0.39 is 0 Å². The summed E-state index contributed by atoms with van der Waals surface area (Å²) < 4.78 is 11.2. The molecule has 0 unspecified atom stereocenters. The number of carbonyl (C=O) groups is 1. The molecule has 1 amide bonds. The number of hydrogen-bond acceptors (Lipinski definition) is 8. The first-order valence-corrected chi connectivity index (χ1v) is 10.2. The Balaban J connectivity index is 1.48. The van der Waals surface area contributed by atoms with E-state index in [-0.39, 0.29) is 12.5 Å². The molecule has 0 bridgehead atoms. The number of carbonyl (C=O) groups excluding carboxylic acids is 1. The zero-order chi connectivity index (χ0) is 20.9. The summed E-state index contributed by atoms with van der Waals surface area (Å²) in [5, 5.41) is 16.0. The topological polar surface area (TPSA) is 103 Å². The zero-order valence-electron chi connectivity index (χ0n) is 16.5. The number of nitrogens with zero attached hydrogens (tertiary/aromatic N) is 4. The third kappa shape index (κ3) is 4.36. The number of anilines is 1. The molecule has 8 nitrogen and oxygen atoms in total. The molecule has 152 valence electrons. The van der Waals surface area contributed by atoms with Gasteiger partial charge in [-0.1, -0.05) is 59.8 Å². The summed E-state index contributed by atoms with van der Waals surface area (Å²) in [6.07, 6.45) is 0.770. The summed E-state index contributed by atoms with van der Waals surface area (Å²) in [5.74, 6) is 0.966. The molecule has 0 atom stereocenters. The maximum atomic E-state index is 12.2. The first-order valence-electron chi connectivity index (χ1n) is 9.38. The average molecular weight is 421 g/mol. The van der Waals surface area contributed by atoms with Crippen molar-refractivity contribution in [3.63, 3.8) is 0 Å². The normalized spacial score (nSPS) is 10.7. The second-order valence-electron chi connectivity index (χ2n) is 6.43. The Kier molecular flexibility index (Phi) is 5.80. The lowest BCUT2D eigenvalue weighted by Crippen LogP contribution is -2.20. The van der Waals surface area contributed by atoms with Gasteiger partial charge in [0.2, 0.25) is 11.0 Å². The van der Waals surface area contributed by atoms with Gasteiger partial charge in [0, 0.05) is 5.56 Å². The van der Waals surface area contributed by atoms with E-state index in [0.717, 1.165) is 22.6 Å². The van der Waals surface area contributed by atoms with Crippen LogP contribution in [0.4, 0.5) is 5.13 Å². The molecule has 0 aliphatic rings. The SMILES string of the molecule is CCc1nnc(NC(=O)COc2ccccc2-c2nc(-c3ccccc3C)no2)s1. The minimum absolute atomic E-state index is 0.184. The highest BCUT2D eigenvalue weighted by Crippen LogP contribution is 2.30. The van der Waals surface area contributed by atoms with Crippen LogP contribution in [-0.2, 0) is 11.2 Å². The number of amides is 1. The number of nitrogens with one attached hydrogen (secondary N) is 1. The van der Waals surface area contributed by atoms with Crippen molar-refractivity contribution in [1.82, 2.24) is 20.3 Å². The van der Waals surface area contributed by atoms with Crippen LogP contribution >= 0.6 is 11.3 Å².